The summed E-state index contributed by atoms with van der Waals surface area (Å²) < 4.78 is 5.26. The van der Waals surface area contributed by atoms with Crippen LogP contribution in [0, 0.1) is 5.92 Å². The highest BCUT2D eigenvalue weighted by atomic mass is 16.5. The number of carbonyl (C=O) groups excluding carboxylic acids is 1. The van der Waals surface area contributed by atoms with Gasteiger partial charge in [-0.15, -0.1) is 0 Å². The molecule has 2 saturated heterocycles. The number of likely N-dealkylation sites (tertiary alicyclic amines) is 2. The Morgan fingerprint density at radius 3 is 2.94 bits per heavy atom. The van der Waals surface area contributed by atoms with Crippen molar-refractivity contribution in [1.29, 1.82) is 0 Å². The molecular formula is C14H26N2O2. The first-order valence-corrected chi connectivity index (χ1v) is 7.28. The number of hydrogen-bond donors (Lipinski definition) is 0. The van der Waals surface area contributed by atoms with Crippen molar-refractivity contribution in [1.82, 2.24) is 9.80 Å². The van der Waals surface area contributed by atoms with Crippen LogP contribution in [0.1, 0.15) is 32.6 Å². The van der Waals surface area contributed by atoms with E-state index in [1.807, 2.05) is 6.92 Å². The third kappa shape index (κ3) is 3.23. The van der Waals surface area contributed by atoms with Crippen molar-refractivity contribution in [3.8, 4) is 0 Å². The van der Waals surface area contributed by atoms with Crippen LogP contribution in [0.15, 0.2) is 0 Å². The maximum absolute atomic E-state index is 12.1. The molecule has 4 nitrogen and oxygen atoms in total. The van der Waals surface area contributed by atoms with Gasteiger partial charge >= 0.3 is 0 Å². The van der Waals surface area contributed by atoms with Crippen molar-refractivity contribution in [2.45, 2.75) is 38.6 Å². The van der Waals surface area contributed by atoms with Gasteiger partial charge < -0.3 is 14.5 Å². The molecule has 2 atom stereocenters. The van der Waals surface area contributed by atoms with E-state index in [4.69, 9.17) is 4.74 Å². The van der Waals surface area contributed by atoms with Crippen LogP contribution in [-0.4, -0.2) is 61.6 Å². The van der Waals surface area contributed by atoms with Crippen LogP contribution in [0.5, 0.6) is 0 Å². The molecule has 0 aromatic rings. The van der Waals surface area contributed by atoms with Crippen molar-refractivity contribution >= 4 is 5.91 Å². The first-order valence-electron chi connectivity index (χ1n) is 7.28. The molecule has 2 aliphatic rings. The highest BCUT2D eigenvalue weighted by Crippen LogP contribution is 2.29. The van der Waals surface area contributed by atoms with Crippen molar-refractivity contribution in [2.75, 3.05) is 39.9 Å². The van der Waals surface area contributed by atoms with E-state index in [0.717, 1.165) is 19.5 Å². The van der Waals surface area contributed by atoms with Crippen molar-refractivity contribution in [3.05, 3.63) is 0 Å². The van der Waals surface area contributed by atoms with Gasteiger partial charge in [0.05, 0.1) is 13.0 Å². The van der Waals surface area contributed by atoms with Gasteiger partial charge in [0.1, 0.15) is 0 Å². The zero-order chi connectivity index (χ0) is 13.0. The summed E-state index contributed by atoms with van der Waals surface area (Å²) in [7, 11) is 2.23. The fraction of sp³-hybridized carbons (Fsp3) is 0.929. The van der Waals surface area contributed by atoms with E-state index in [9.17, 15) is 4.79 Å². The van der Waals surface area contributed by atoms with E-state index >= 15 is 0 Å². The van der Waals surface area contributed by atoms with E-state index in [0.29, 0.717) is 31.6 Å². The topological polar surface area (TPSA) is 32.8 Å². The molecule has 0 aromatic carbocycles. The van der Waals surface area contributed by atoms with Gasteiger partial charge in [0, 0.05) is 25.7 Å². The molecule has 2 aliphatic heterocycles. The van der Waals surface area contributed by atoms with Crippen molar-refractivity contribution < 1.29 is 9.53 Å². The predicted molar refractivity (Wildman–Crippen MR) is 71.4 cm³/mol. The largest absolute Gasteiger partial charge is 0.381 e. The Kier molecular flexibility index (Phi) is 5.01. The van der Waals surface area contributed by atoms with Gasteiger partial charge in [-0.2, -0.15) is 0 Å². The SMILES string of the molecule is CCOCCC(=O)N1CC[C@@H]2[C@H](CCCN2C)C1. The van der Waals surface area contributed by atoms with Crippen LogP contribution in [0.4, 0.5) is 0 Å². The number of rotatable bonds is 4. The van der Waals surface area contributed by atoms with Crippen LogP contribution in [0.2, 0.25) is 0 Å². The Bertz CT molecular complexity index is 283. The van der Waals surface area contributed by atoms with Gasteiger partial charge in [-0.05, 0) is 45.7 Å². The minimum atomic E-state index is 0.273. The summed E-state index contributed by atoms with van der Waals surface area (Å²) in [4.78, 5) is 16.6. The first-order chi connectivity index (χ1) is 8.72. The minimum Gasteiger partial charge on any atom is -0.381 e. The zero-order valence-electron chi connectivity index (χ0n) is 11.7. The third-order valence-electron chi connectivity index (χ3n) is 4.36. The maximum Gasteiger partial charge on any atom is 0.224 e. The lowest BCUT2D eigenvalue weighted by Gasteiger charge is -2.46. The average Bonchev–Trinajstić information content (AvgIpc) is 2.39. The quantitative estimate of drug-likeness (QED) is 0.710. The second-order valence-corrected chi connectivity index (χ2v) is 5.53. The molecule has 104 valence electrons. The number of ether oxygens (including phenoxy) is 1. The number of piperidine rings is 2. The lowest BCUT2D eigenvalue weighted by atomic mass is 9.84. The average molecular weight is 254 g/mol. The highest BCUT2D eigenvalue weighted by Gasteiger charge is 2.35. The Hall–Kier alpha value is -0.610. The van der Waals surface area contributed by atoms with E-state index in [1.54, 1.807) is 0 Å². The van der Waals surface area contributed by atoms with Crippen LogP contribution in [-0.2, 0) is 9.53 Å². The minimum absolute atomic E-state index is 0.273. The number of fused-ring (bicyclic) bond motifs is 1. The lowest BCUT2D eigenvalue weighted by Crippen LogP contribution is -2.54. The molecule has 1 amide bonds. The van der Waals surface area contributed by atoms with Gasteiger partial charge in [-0.3, -0.25) is 4.79 Å². The predicted octanol–water partition coefficient (Wildman–Crippen LogP) is 1.36. The number of nitrogens with zero attached hydrogens (tertiary/aromatic N) is 2. The normalized spacial score (nSPS) is 29.1. The van der Waals surface area contributed by atoms with Crippen molar-refractivity contribution in [3.63, 3.8) is 0 Å². The molecular weight excluding hydrogens is 228 g/mol. The second kappa shape index (κ2) is 6.53. The fourth-order valence-corrected chi connectivity index (χ4v) is 3.34. The second-order valence-electron chi connectivity index (χ2n) is 5.53. The van der Waals surface area contributed by atoms with E-state index in [1.165, 1.54) is 19.4 Å². The van der Waals surface area contributed by atoms with Crippen LogP contribution < -0.4 is 0 Å². The molecule has 18 heavy (non-hydrogen) atoms. The molecule has 2 fully saturated rings. The Balaban J connectivity index is 1.81. The third-order valence-corrected chi connectivity index (χ3v) is 4.36. The molecule has 0 N–H and O–H groups in total. The lowest BCUT2D eigenvalue weighted by molar-refractivity contribution is -0.135. The molecule has 0 saturated carbocycles. The monoisotopic (exact) mass is 254 g/mol. The summed E-state index contributed by atoms with van der Waals surface area (Å²) in [5.41, 5.74) is 0. The van der Waals surface area contributed by atoms with Gasteiger partial charge in [0.15, 0.2) is 0 Å². The van der Waals surface area contributed by atoms with Gasteiger partial charge in [-0.25, -0.2) is 0 Å². The summed E-state index contributed by atoms with van der Waals surface area (Å²) in [6, 6.07) is 0.703. The van der Waals surface area contributed by atoms with Gasteiger partial charge in [0.2, 0.25) is 5.91 Å². The summed E-state index contributed by atoms with van der Waals surface area (Å²) >= 11 is 0. The summed E-state index contributed by atoms with van der Waals surface area (Å²) in [6.07, 6.45) is 4.24. The molecule has 0 aliphatic carbocycles. The fourth-order valence-electron chi connectivity index (χ4n) is 3.34. The zero-order valence-corrected chi connectivity index (χ0v) is 11.7. The smallest absolute Gasteiger partial charge is 0.224 e. The van der Waals surface area contributed by atoms with E-state index in [2.05, 4.69) is 16.8 Å². The summed E-state index contributed by atoms with van der Waals surface area (Å²) in [6.45, 7) is 6.34. The van der Waals surface area contributed by atoms with Gasteiger partial charge in [-0.1, -0.05) is 0 Å². The molecule has 0 unspecified atom stereocenters. The van der Waals surface area contributed by atoms with Crippen LogP contribution >= 0.6 is 0 Å². The summed E-state index contributed by atoms with van der Waals surface area (Å²) in [5.74, 6) is 0.962. The molecule has 0 spiro atoms. The van der Waals surface area contributed by atoms with Crippen LogP contribution in [0.3, 0.4) is 0 Å². The van der Waals surface area contributed by atoms with E-state index in [-0.39, 0.29) is 5.91 Å². The molecule has 2 heterocycles. The first kappa shape index (κ1) is 13.8. The van der Waals surface area contributed by atoms with Gasteiger partial charge in [0.25, 0.3) is 0 Å². The highest BCUT2D eigenvalue weighted by molar-refractivity contribution is 5.76. The Labute approximate surface area is 110 Å². The Morgan fingerprint density at radius 1 is 1.33 bits per heavy atom. The number of amides is 1. The molecule has 0 aromatic heterocycles. The number of hydrogen-bond acceptors (Lipinski definition) is 3. The van der Waals surface area contributed by atoms with E-state index < -0.39 is 0 Å². The summed E-state index contributed by atoms with van der Waals surface area (Å²) in [5, 5.41) is 0. The standard InChI is InChI=1S/C14H26N2O2/c1-3-18-10-7-14(17)16-9-6-13-12(11-16)5-4-8-15(13)2/h12-13H,3-11H2,1-2H3/t12-,13-/m1/s1. The number of carbonyl (C=O) groups is 1. The maximum atomic E-state index is 12.1. The molecule has 0 bridgehead atoms. The Morgan fingerprint density at radius 2 is 2.17 bits per heavy atom. The van der Waals surface area contributed by atoms with Crippen molar-refractivity contribution in [2.24, 2.45) is 5.92 Å². The molecule has 4 heteroatoms. The molecule has 2 rings (SSSR count). The molecule has 0 radical (unpaired) electrons. The van der Waals surface area contributed by atoms with Crippen LogP contribution in [0.25, 0.3) is 0 Å².